The van der Waals surface area contributed by atoms with Crippen molar-refractivity contribution in [1.29, 1.82) is 5.26 Å². The first-order chi connectivity index (χ1) is 29.5. The maximum atomic E-state index is 15.5. The lowest BCUT2D eigenvalue weighted by atomic mass is 9.96. The van der Waals surface area contributed by atoms with Crippen molar-refractivity contribution < 1.29 is 23.6 Å². The lowest BCUT2D eigenvalue weighted by Gasteiger charge is -2.45. The molecule has 2 aromatic heterocycles. The molecule has 5 amide bonds. The number of amides is 5. The molecule has 7 heterocycles. The predicted octanol–water partition coefficient (Wildman–Crippen LogP) is 4.57. The molecule has 4 fully saturated rings. The summed E-state index contributed by atoms with van der Waals surface area (Å²) >= 11 is 0. The van der Waals surface area contributed by atoms with Gasteiger partial charge in [0.15, 0.2) is 0 Å². The van der Waals surface area contributed by atoms with Crippen LogP contribution in [0.1, 0.15) is 61.0 Å². The van der Waals surface area contributed by atoms with Crippen LogP contribution in [0.5, 0.6) is 0 Å². The maximum Gasteiger partial charge on any atom is 0.322 e. The Morgan fingerprint density at radius 3 is 2.44 bits per heavy atom. The Bertz CT molecular complexity index is 2410. The molecule has 0 radical (unpaired) electrons. The van der Waals surface area contributed by atoms with E-state index in [1.807, 2.05) is 46.2 Å². The van der Waals surface area contributed by atoms with Crippen LogP contribution in [0.4, 0.5) is 32.1 Å². The predicted molar refractivity (Wildman–Crippen MR) is 229 cm³/mol. The fraction of sp³-hybridized carbons (Fsp3) is 0.444. The van der Waals surface area contributed by atoms with Gasteiger partial charge in [-0.15, -0.1) is 0 Å². The number of halogens is 1. The zero-order chi connectivity index (χ0) is 42.4. The number of hydrogen-bond acceptors (Lipinski definition) is 11. The number of carbonyl (C=O) groups excluding carboxylic acids is 4. The van der Waals surface area contributed by atoms with E-state index in [2.05, 4.69) is 50.2 Å². The van der Waals surface area contributed by atoms with Gasteiger partial charge < -0.3 is 29.8 Å². The average Bonchev–Trinajstić information content (AvgIpc) is 3.58. The quantitative estimate of drug-likeness (QED) is 0.251. The van der Waals surface area contributed by atoms with Crippen molar-refractivity contribution in [1.82, 2.24) is 30.0 Å². The summed E-state index contributed by atoms with van der Waals surface area (Å²) in [6, 6.07) is 16.0. The highest BCUT2D eigenvalue weighted by atomic mass is 19.1. The molecule has 1 unspecified atom stereocenters. The molecule has 0 bridgehead atoms. The van der Waals surface area contributed by atoms with Crippen molar-refractivity contribution >= 4 is 57.5 Å². The molecule has 316 valence electrons. The number of anilines is 4. The number of nitriles is 1. The van der Waals surface area contributed by atoms with Gasteiger partial charge in [0.05, 0.1) is 28.7 Å². The Kier molecular flexibility index (Phi) is 10.9. The van der Waals surface area contributed by atoms with Gasteiger partial charge in [-0.2, -0.15) is 5.26 Å². The minimum Gasteiger partial charge on any atom is -0.367 e. The molecule has 61 heavy (non-hydrogen) atoms. The summed E-state index contributed by atoms with van der Waals surface area (Å²) in [5, 5.41) is 15.9. The van der Waals surface area contributed by atoms with Crippen LogP contribution in [0.25, 0.3) is 10.9 Å². The third-order valence-corrected chi connectivity index (χ3v) is 13.2. The summed E-state index contributed by atoms with van der Waals surface area (Å²) in [5.74, 6) is -0.191. The molecule has 0 spiro atoms. The van der Waals surface area contributed by atoms with E-state index in [1.165, 1.54) is 11.0 Å². The summed E-state index contributed by atoms with van der Waals surface area (Å²) in [7, 11) is 0. The normalized spacial score (nSPS) is 22.7. The molecule has 0 saturated carbocycles. The second-order valence-corrected chi connectivity index (χ2v) is 17.1. The maximum absolute atomic E-state index is 15.5. The number of piperidine rings is 2. The summed E-state index contributed by atoms with van der Waals surface area (Å²) in [5.41, 5.74) is 4.37. The average molecular weight is 828 g/mol. The standard InChI is InChI=1S/C45H50FN11O4/c1-28-25-56(29(2)24-55(28)37-7-5-31(22-47)42-34(37)4-3-13-48-42)45(61)50-33-6-9-40(49-23-33)54-14-11-30(12-15-54)26-52-16-18-53(19-17-52)39-20-32-27-57(44(60)35(32)21-36(39)46)38-8-10-41(58)51-43(38)59/h3-7,9,13,20-21,23,28-30,38H,8,10-12,14-19,24-27H2,1-2H3,(H,50,61)(H,51,58,59)/t28-,29+,38?/m0/s1. The van der Waals surface area contributed by atoms with E-state index < -0.39 is 17.8 Å². The summed E-state index contributed by atoms with van der Waals surface area (Å²) in [6.07, 6.45) is 5.95. The molecule has 3 atom stereocenters. The van der Waals surface area contributed by atoms with Gasteiger partial charge >= 0.3 is 6.03 Å². The van der Waals surface area contributed by atoms with E-state index in [-0.39, 0.29) is 54.9 Å². The largest absolute Gasteiger partial charge is 0.367 e. The number of nitrogens with one attached hydrogen (secondary N) is 2. The minimum absolute atomic E-state index is 0.0448. The van der Waals surface area contributed by atoms with Crippen LogP contribution < -0.4 is 25.3 Å². The van der Waals surface area contributed by atoms with Gasteiger partial charge in [0.1, 0.15) is 23.7 Å². The van der Waals surface area contributed by atoms with Gasteiger partial charge in [-0.1, -0.05) is 0 Å². The monoisotopic (exact) mass is 827 g/mol. The second-order valence-electron chi connectivity index (χ2n) is 17.1. The van der Waals surface area contributed by atoms with Crippen molar-refractivity contribution in [2.45, 2.75) is 64.2 Å². The molecule has 4 aromatic rings. The van der Waals surface area contributed by atoms with Gasteiger partial charge in [-0.25, -0.2) is 14.2 Å². The van der Waals surface area contributed by atoms with Crippen LogP contribution in [0.15, 0.2) is 60.9 Å². The molecule has 9 rings (SSSR count). The highest BCUT2D eigenvalue weighted by Crippen LogP contribution is 2.35. The molecular formula is C45H50FN11O4. The second kappa shape index (κ2) is 16.6. The molecular weight excluding hydrogens is 778 g/mol. The van der Waals surface area contributed by atoms with E-state index in [1.54, 1.807) is 18.5 Å². The molecule has 4 saturated heterocycles. The summed E-state index contributed by atoms with van der Waals surface area (Å²) in [6.45, 7) is 11.3. The Balaban J connectivity index is 0.729. The first-order valence-electron chi connectivity index (χ1n) is 21.3. The van der Waals surface area contributed by atoms with E-state index in [0.29, 0.717) is 60.1 Å². The minimum atomic E-state index is -0.730. The number of benzene rings is 2. The Morgan fingerprint density at radius 2 is 1.70 bits per heavy atom. The third kappa shape index (κ3) is 7.90. The van der Waals surface area contributed by atoms with Crippen LogP contribution in [-0.2, 0) is 16.1 Å². The molecule has 15 nitrogen and oxygen atoms in total. The Hall–Kier alpha value is -6.34. The van der Waals surface area contributed by atoms with Crippen LogP contribution in [0.3, 0.4) is 0 Å². The molecule has 5 aliphatic heterocycles. The number of fused-ring (bicyclic) bond motifs is 2. The van der Waals surface area contributed by atoms with Crippen molar-refractivity contribution in [3.63, 3.8) is 0 Å². The highest BCUT2D eigenvalue weighted by molar-refractivity contribution is 6.05. The first kappa shape index (κ1) is 40.1. The number of hydrogen-bond donors (Lipinski definition) is 2. The van der Waals surface area contributed by atoms with Crippen molar-refractivity contribution in [2.24, 2.45) is 5.92 Å². The summed E-state index contributed by atoms with van der Waals surface area (Å²) < 4.78 is 15.5. The fourth-order valence-corrected chi connectivity index (χ4v) is 9.79. The van der Waals surface area contributed by atoms with Crippen LogP contribution in [0, 0.1) is 23.1 Å². The Labute approximate surface area is 354 Å². The van der Waals surface area contributed by atoms with Gasteiger partial charge in [0, 0.05) is 107 Å². The molecule has 2 N–H and O–H groups in total. The number of imide groups is 1. The fourth-order valence-electron chi connectivity index (χ4n) is 9.79. The van der Waals surface area contributed by atoms with E-state index >= 15 is 4.39 Å². The first-order valence-corrected chi connectivity index (χ1v) is 21.3. The molecule has 16 heteroatoms. The zero-order valence-corrected chi connectivity index (χ0v) is 34.5. The Morgan fingerprint density at radius 1 is 0.902 bits per heavy atom. The number of nitrogens with zero attached hydrogens (tertiary/aromatic N) is 9. The zero-order valence-electron chi connectivity index (χ0n) is 34.5. The van der Waals surface area contributed by atoms with Gasteiger partial charge in [-0.3, -0.25) is 29.6 Å². The van der Waals surface area contributed by atoms with Crippen LogP contribution in [-0.4, -0.2) is 125 Å². The highest BCUT2D eigenvalue weighted by Gasteiger charge is 2.40. The number of aromatic nitrogens is 2. The number of rotatable bonds is 7. The van der Waals surface area contributed by atoms with Crippen molar-refractivity contribution in [3.05, 3.63) is 83.4 Å². The number of carbonyl (C=O) groups is 4. The van der Waals surface area contributed by atoms with E-state index in [0.717, 1.165) is 62.5 Å². The smallest absolute Gasteiger partial charge is 0.322 e. The lowest BCUT2D eigenvalue weighted by Crippen LogP contribution is -2.59. The SMILES string of the molecule is C[C@@H]1CN(c2ccc(C#N)c3ncccc23)[C@@H](C)CN1C(=O)Nc1ccc(N2CCC(CN3CCN(c4cc5c(cc4F)C(=O)N(C4CCC(=O)NC4=O)C5)CC3)CC2)nc1. The van der Waals surface area contributed by atoms with Gasteiger partial charge in [0.25, 0.3) is 5.91 Å². The van der Waals surface area contributed by atoms with Gasteiger partial charge in [-0.05, 0) is 93.1 Å². The topological polar surface area (TPSA) is 161 Å². The van der Waals surface area contributed by atoms with Crippen molar-refractivity contribution in [2.75, 3.05) is 78.9 Å². The molecule has 2 aromatic carbocycles. The van der Waals surface area contributed by atoms with E-state index in [9.17, 15) is 24.4 Å². The summed E-state index contributed by atoms with van der Waals surface area (Å²) in [4.78, 5) is 72.4. The van der Waals surface area contributed by atoms with E-state index in [4.69, 9.17) is 4.98 Å². The molecule has 0 aliphatic carbocycles. The van der Waals surface area contributed by atoms with Crippen LogP contribution in [0.2, 0.25) is 0 Å². The number of urea groups is 1. The van der Waals surface area contributed by atoms with Crippen LogP contribution >= 0.6 is 0 Å². The number of pyridine rings is 2. The lowest BCUT2D eigenvalue weighted by molar-refractivity contribution is -0.136. The van der Waals surface area contributed by atoms with Crippen molar-refractivity contribution in [3.8, 4) is 6.07 Å². The molecule has 5 aliphatic rings. The number of piperazine rings is 2. The van der Waals surface area contributed by atoms with Gasteiger partial charge in [0.2, 0.25) is 11.8 Å². The third-order valence-electron chi connectivity index (χ3n) is 13.2.